The second-order valence-corrected chi connectivity index (χ2v) is 5.11. The van der Waals surface area contributed by atoms with E-state index in [1.807, 2.05) is 0 Å². The summed E-state index contributed by atoms with van der Waals surface area (Å²) in [5.41, 5.74) is 0. The number of aliphatic imine (C=N–C) groups is 1. The van der Waals surface area contributed by atoms with Gasteiger partial charge in [0.25, 0.3) is 0 Å². The van der Waals surface area contributed by atoms with Crippen LogP contribution in [0.1, 0.15) is 51.9 Å². The lowest BCUT2D eigenvalue weighted by atomic mass is 9.81. The molecule has 0 unspecified atom stereocenters. The monoisotopic (exact) mass is 208 g/mol. The minimum Gasteiger partial charge on any atom is -0.374 e. The van der Waals surface area contributed by atoms with Crippen molar-refractivity contribution >= 4 is 5.84 Å². The van der Waals surface area contributed by atoms with Crippen molar-refractivity contribution in [2.75, 3.05) is 13.1 Å². The molecule has 2 aliphatic rings. The molecular weight excluding hydrogens is 184 g/mol. The van der Waals surface area contributed by atoms with E-state index in [4.69, 9.17) is 0 Å². The van der Waals surface area contributed by atoms with Gasteiger partial charge in [-0.25, -0.2) is 0 Å². The Hall–Kier alpha value is -0.530. The highest BCUT2D eigenvalue weighted by Crippen LogP contribution is 2.30. The fourth-order valence-electron chi connectivity index (χ4n) is 2.79. The number of nitrogens with zero attached hydrogens (tertiary/aromatic N) is 1. The minimum atomic E-state index is 0.913. The van der Waals surface area contributed by atoms with Gasteiger partial charge in [0, 0.05) is 19.5 Å². The summed E-state index contributed by atoms with van der Waals surface area (Å²) >= 11 is 0. The molecule has 0 atom stereocenters. The van der Waals surface area contributed by atoms with Gasteiger partial charge in [0.2, 0.25) is 0 Å². The van der Waals surface area contributed by atoms with Crippen LogP contribution in [0.4, 0.5) is 0 Å². The van der Waals surface area contributed by atoms with Crippen molar-refractivity contribution in [3.8, 4) is 0 Å². The van der Waals surface area contributed by atoms with Gasteiger partial charge in [-0.3, -0.25) is 4.99 Å². The number of hydrogen-bond donors (Lipinski definition) is 1. The SMILES string of the molecule is CCC1CCC(CNC2=NCCC2)CC1. The molecule has 1 aliphatic heterocycles. The highest BCUT2D eigenvalue weighted by molar-refractivity contribution is 5.83. The molecule has 1 aliphatic carbocycles. The highest BCUT2D eigenvalue weighted by atomic mass is 15.0. The standard InChI is InChI=1S/C13H24N2/c1-2-11-5-7-12(8-6-11)10-15-13-4-3-9-14-13/h11-12H,2-10H2,1H3,(H,14,15). The third-order valence-electron chi connectivity index (χ3n) is 4.01. The summed E-state index contributed by atoms with van der Waals surface area (Å²) in [6, 6.07) is 0. The van der Waals surface area contributed by atoms with Gasteiger partial charge in [0.15, 0.2) is 0 Å². The van der Waals surface area contributed by atoms with Gasteiger partial charge >= 0.3 is 0 Å². The average Bonchev–Trinajstić information content (AvgIpc) is 2.80. The zero-order chi connectivity index (χ0) is 10.5. The van der Waals surface area contributed by atoms with Crippen LogP contribution in [-0.4, -0.2) is 18.9 Å². The van der Waals surface area contributed by atoms with Gasteiger partial charge in [-0.15, -0.1) is 0 Å². The predicted molar refractivity (Wildman–Crippen MR) is 65.3 cm³/mol. The summed E-state index contributed by atoms with van der Waals surface area (Å²) in [4.78, 5) is 4.46. The van der Waals surface area contributed by atoms with E-state index >= 15 is 0 Å². The topological polar surface area (TPSA) is 24.4 Å². The molecule has 1 N–H and O–H groups in total. The molecule has 0 aromatic rings. The van der Waals surface area contributed by atoms with Crippen LogP contribution in [0.3, 0.4) is 0 Å². The van der Waals surface area contributed by atoms with Gasteiger partial charge in [0.05, 0.1) is 5.84 Å². The first kappa shape index (κ1) is 11.0. The Bertz CT molecular complexity index is 215. The normalized spacial score (nSPS) is 31.4. The van der Waals surface area contributed by atoms with Crippen LogP contribution in [0.2, 0.25) is 0 Å². The largest absolute Gasteiger partial charge is 0.374 e. The summed E-state index contributed by atoms with van der Waals surface area (Å²) in [6.07, 6.45) is 9.59. The second-order valence-electron chi connectivity index (χ2n) is 5.11. The first-order chi connectivity index (χ1) is 7.38. The summed E-state index contributed by atoms with van der Waals surface area (Å²) in [5, 5.41) is 3.53. The van der Waals surface area contributed by atoms with Crippen molar-refractivity contribution in [2.45, 2.75) is 51.9 Å². The molecule has 2 heteroatoms. The molecule has 0 spiro atoms. The molecule has 0 saturated heterocycles. The molecule has 2 rings (SSSR count). The number of hydrogen-bond acceptors (Lipinski definition) is 2. The lowest BCUT2D eigenvalue weighted by molar-refractivity contribution is 0.269. The van der Waals surface area contributed by atoms with E-state index in [0.717, 1.165) is 18.4 Å². The van der Waals surface area contributed by atoms with Crippen molar-refractivity contribution in [1.29, 1.82) is 0 Å². The van der Waals surface area contributed by atoms with E-state index in [9.17, 15) is 0 Å². The van der Waals surface area contributed by atoms with E-state index in [2.05, 4.69) is 17.2 Å². The highest BCUT2D eigenvalue weighted by Gasteiger charge is 2.20. The fourth-order valence-corrected chi connectivity index (χ4v) is 2.79. The predicted octanol–water partition coefficient (Wildman–Crippen LogP) is 2.98. The maximum atomic E-state index is 4.46. The maximum absolute atomic E-state index is 4.46. The van der Waals surface area contributed by atoms with Gasteiger partial charge in [-0.05, 0) is 31.1 Å². The van der Waals surface area contributed by atoms with Gasteiger partial charge in [-0.1, -0.05) is 26.2 Å². The van der Waals surface area contributed by atoms with E-state index in [1.54, 1.807) is 0 Å². The van der Waals surface area contributed by atoms with Crippen LogP contribution in [0, 0.1) is 11.8 Å². The van der Waals surface area contributed by atoms with Crippen molar-refractivity contribution in [3.05, 3.63) is 0 Å². The van der Waals surface area contributed by atoms with Gasteiger partial charge in [-0.2, -0.15) is 0 Å². The fraction of sp³-hybridized carbons (Fsp3) is 0.923. The van der Waals surface area contributed by atoms with Crippen LogP contribution in [0.15, 0.2) is 4.99 Å². The maximum Gasteiger partial charge on any atom is 0.0963 e. The number of rotatable bonds is 3. The summed E-state index contributed by atoms with van der Waals surface area (Å²) in [5.74, 6) is 3.20. The molecule has 0 aromatic heterocycles. The molecule has 86 valence electrons. The number of nitrogens with one attached hydrogen (secondary N) is 1. The summed E-state index contributed by atoms with van der Waals surface area (Å²) in [7, 11) is 0. The zero-order valence-corrected chi connectivity index (χ0v) is 9.97. The molecule has 1 fully saturated rings. The lowest BCUT2D eigenvalue weighted by Gasteiger charge is -2.28. The minimum absolute atomic E-state index is 0.913. The van der Waals surface area contributed by atoms with Crippen molar-refractivity contribution in [3.63, 3.8) is 0 Å². The van der Waals surface area contributed by atoms with Crippen LogP contribution < -0.4 is 5.32 Å². The summed E-state index contributed by atoms with van der Waals surface area (Å²) < 4.78 is 0. The van der Waals surface area contributed by atoms with Crippen LogP contribution in [-0.2, 0) is 0 Å². The van der Waals surface area contributed by atoms with E-state index in [-0.39, 0.29) is 0 Å². The molecule has 2 nitrogen and oxygen atoms in total. The molecule has 0 amide bonds. The Labute approximate surface area is 93.6 Å². The molecule has 15 heavy (non-hydrogen) atoms. The lowest BCUT2D eigenvalue weighted by Crippen LogP contribution is -2.30. The van der Waals surface area contributed by atoms with Crippen molar-refractivity contribution in [1.82, 2.24) is 5.32 Å². The third-order valence-corrected chi connectivity index (χ3v) is 4.01. The molecule has 1 saturated carbocycles. The molecule has 0 aromatic carbocycles. The van der Waals surface area contributed by atoms with Crippen molar-refractivity contribution < 1.29 is 0 Å². The first-order valence-electron chi connectivity index (χ1n) is 6.65. The average molecular weight is 208 g/mol. The van der Waals surface area contributed by atoms with Gasteiger partial charge in [0.1, 0.15) is 0 Å². The molecule has 0 radical (unpaired) electrons. The van der Waals surface area contributed by atoms with E-state index in [1.165, 1.54) is 57.3 Å². The third kappa shape index (κ3) is 3.22. The molecule has 0 bridgehead atoms. The van der Waals surface area contributed by atoms with Crippen LogP contribution in [0.25, 0.3) is 0 Å². The number of amidine groups is 1. The Kier molecular flexibility index (Phi) is 4.04. The second kappa shape index (κ2) is 5.53. The smallest absolute Gasteiger partial charge is 0.0963 e. The quantitative estimate of drug-likeness (QED) is 0.757. The zero-order valence-electron chi connectivity index (χ0n) is 9.97. The van der Waals surface area contributed by atoms with Crippen LogP contribution >= 0.6 is 0 Å². The Morgan fingerprint density at radius 1 is 1.20 bits per heavy atom. The van der Waals surface area contributed by atoms with Crippen molar-refractivity contribution in [2.24, 2.45) is 16.8 Å². The van der Waals surface area contributed by atoms with Crippen LogP contribution in [0.5, 0.6) is 0 Å². The first-order valence-corrected chi connectivity index (χ1v) is 6.65. The summed E-state index contributed by atoms with van der Waals surface area (Å²) in [6.45, 7) is 4.55. The Morgan fingerprint density at radius 2 is 1.93 bits per heavy atom. The molecule has 1 heterocycles. The Morgan fingerprint density at radius 3 is 2.53 bits per heavy atom. The van der Waals surface area contributed by atoms with E-state index < -0.39 is 0 Å². The Balaban J connectivity index is 1.64. The van der Waals surface area contributed by atoms with E-state index in [0.29, 0.717) is 0 Å². The van der Waals surface area contributed by atoms with Gasteiger partial charge < -0.3 is 5.32 Å². The molecular formula is C13H24N2.